The van der Waals surface area contributed by atoms with Gasteiger partial charge >= 0.3 is 0 Å². The molecule has 0 saturated heterocycles. The molecule has 0 fully saturated rings. The highest BCUT2D eigenvalue weighted by Crippen LogP contribution is 2.27. The zero-order valence-corrected chi connectivity index (χ0v) is 13.0. The van der Waals surface area contributed by atoms with E-state index in [1.54, 1.807) is 0 Å². The van der Waals surface area contributed by atoms with Crippen molar-refractivity contribution in [3.8, 4) is 0 Å². The zero-order valence-electron chi connectivity index (χ0n) is 11.4. The van der Waals surface area contributed by atoms with Gasteiger partial charge in [-0.15, -0.1) is 0 Å². The van der Waals surface area contributed by atoms with Crippen LogP contribution < -0.4 is 5.32 Å². The van der Waals surface area contributed by atoms with Crippen molar-refractivity contribution >= 4 is 27.5 Å². The lowest BCUT2D eigenvalue weighted by Crippen LogP contribution is -2.12. The van der Waals surface area contributed by atoms with E-state index in [4.69, 9.17) is 0 Å². The number of amides is 1. The molecule has 1 aliphatic carbocycles. The summed E-state index contributed by atoms with van der Waals surface area (Å²) >= 11 is 3.52. The fraction of sp³-hybridized carbons (Fsp3) is 0.235. The van der Waals surface area contributed by atoms with Gasteiger partial charge in [-0.3, -0.25) is 4.79 Å². The number of anilines is 1. The lowest BCUT2D eigenvalue weighted by molar-refractivity contribution is 0.102. The summed E-state index contributed by atoms with van der Waals surface area (Å²) in [5.41, 5.74) is 5.37. The zero-order chi connectivity index (χ0) is 14.1. The first-order valence-corrected chi connectivity index (χ1v) is 7.63. The molecule has 0 radical (unpaired) electrons. The van der Waals surface area contributed by atoms with E-state index in [2.05, 4.69) is 27.3 Å². The number of benzene rings is 2. The molecule has 2 aromatic rings. The van der Waals surface area contributed by atoms with Crippen molar-refractivity contribution in [3.63, 3.8) is 0 Å². The van der Waals surface area contributed by atoms with Gasteiger partial charge in [-0.25, -0.2) is 0 Å². The molecule has 0 heterocycles. The smallest absolute Gasteiger partial charge is 0.255 e. The van der Waals surface area contributed by atoms with Crippen LogP contribution in [0.25, 0.3) is 0 Å². The Bertz CT molecular complexity index is 679. The molecule has 1 aliphatic rings. The van der Waals surface area contributed by atoms with Gasteiger partial charge in [0.05, 0.1) is 5.69 Å². The molecular weight excluding hydrogens is 314 g/mol. The van der Waals surface area contributed by atoms with Crippen LogP contribution in [0, 0.1) is 6.92 Å². The van der Waals surface area contributed by atoms with Gasteiger partial charge in [0.2, 0.25) is 0 Å². The third-order valence-electron chi connectivity index (χ3n) is 3.80. The van der Waals surface area contributed by atoms with Gasteiger partial charge < -0.3 is 5.32 Å². The van der Waals surface area contributed by atoms with Crippen molar-refractivity contribution in [2.45, 2.75) is 26.2 Å². The predicted molar refractivity (Wildman–Crippen MR) is 85.3 cm³/mol. The first kappa shape index (κ1) is 13.4. The van der Waals surface area contributed by atoms with Crippen molar-refractivity contribution in [1.29, 1.82) is 0 Å². The van der Waals surface area contributed by atoms with Gasteiger partial charge in [0.25, 0.3) is 5.91 Å². The molecule has 0 saturated carbocycles. The summed E-state index contributed by atoms with van der Waals surface area (Å²) in [6, 6.07) is 11.9. The topological polar surface area (TPSA) is 29.1 Å². The number of hydrogen-bond donors (Lipinski definition) is 1. The van der Waals surface area contributed by atoms with Crippen LogP contribution in [0.5, 0.6) is 0 Å². The van der Waals surface area contributed by atoms with E-state index in [1.807, 2.05) is 37.3 Å². The number of carbonyl (C=O) groups excluding carboxylic acids is 1. The molecule has 3 heteroatoms. The largest absolute Gasteiger partial charge is 0.321 e. The van der Waals surface area contributed by atoms with Crippen molar-refractivity contribution in [2.75, 3.05) is 5.32 Å². The summed E-state index contributed by atoms with van der Waals surface area (Å²) in [6.07, 6.45) is 3.43. The Morgan fingerprint density at radius 3 is 2.80 bits per heavy atom. The third-order valence-corrected chi connectivity index (χ3v) is 4.85. The Hall–Kier alpha value is -1.61. The number of fused-ring (bicyclic) bond motifs is 1. The SMILES string of the molecule is Cc1cccc(NC(=O)c2ccc3c(c2)CCC3)c1Br. The van der Waals surface area contributed by atoms with Crippen molar-refractivity contribution < 1.29 is 4.79 Å². The number of nitrogens with one attached hydrogen (secondary N) is 1. The number of aryl methyl sites for hydroxylation is 3. The van der Waals surface area contributed by atoms with E-state index in [1.165, 1.54) is 17.5 Å². The van der Waals surface area contributed by atoms with Crippen LogP contribution in [-0.4, -0.2) is 5.91 Å². The molecule has 1 amide bonds. The molecule has 0 atom stereocenters. The molecule has 102 valence electrons. The van der Waals surface area contributed by atoms with Crippen molar-refractivity contribution in [3.05, 3.63) is 63.1 Å². The molecule has 2 nitrogen and oxygen atoms in total. The molecule has 0 bridgehead atoms. The minimum atomic E-state index is -0.0500. The molecule has 0 spiro atoms. The molecule has 0 aromatic heterocycles. The highest BCUT2D eigenvalue weighted by molar-refractivity contribution is 9.10. The number of carbonyl (C=O) groups is 1. The summed E-state index contributed by atoms with van der Waals surface area (Å²) in [6.45, 7) is 2.01. The quantitative estimate of drug-likeness (QED) is 0.863. The van der Waals surface area contributed by atoms with Gasteiger partial charge in [0.1, 0.15) is 0 Å². The first-order valence-electron chi connectivity index (χ1n) is 6.83. The van der Waals surface area contributed by atoms with E-state index in [9.17, 15) is 4.79 Å². The second kappa shape index (κ2) is 5.41. The van der Waals surface area contributed by atoms with Crippen LogP contribution in [0.4, 0.5) is 5.69 Å². The highest BCUT2D eigenvalue weighted by atomic mass is 79.9. The second-order valence-electron chi connectivity index (χ2n) is 5.23. The van der Waals surface area contributed by atoms with Gasteiger partial charge in [0, 0.05) is 10.0 Å². The maximum Gasteiger partial charge on any atom is 0.255 e. The molecule has 1 N–H and O–H groups in total. The Morgan fingerprint density at radius 2 is 1.95 bits per heavy atom. The van der Waals surface area contributed by atoms with Gasteiger partial charge in [-0.2, -0.15) is 0 Å². The van der Waals surface area contributed by atoms with Gasteiger partial charge in [-0.1, -0.05) is 18.2 Å². The summed E-state index contributed by atoms with van der Waals surface area (Å²) in [5, 5.41) is 2.97. The normalized spacial score (nSPS) is 13.1. The Morgan fingerprint density at radius 1 is 1.15 bits per heavy atom. The molecule has 3 rings (SSSR count). The molecule has 2 aromatic carbocycles. The van der Waals surface area contributed by atoms with E-state index < -0.39 is 0 Å². The standard InChI is InChI=1S/C17H16BrNO/c1-11-4-2-7-15(16(11)18)19-17(20)14-9-8-12-5-3-6-13(12)10-14/h2,4,7-10H,3,5-6H2,1H3,(H,19,20). The number of rotatable bonds is 2. The van der Waals surface area contributed by atoms with Crippen molar-refractivity contribution in [2.24, 2.45) is 0 Å². The van der Waals surface area contributed by atoms with Crippen LogP contribution in [0.2, 0.25) is 0 Å². The average molecular weight is 330 g/mol. The first-order chi connectivity index (χ1) is 9.65. The Kier molecular flexibility index (Phi) is 3.62. The monoisotopic (exact) mass is 329 g/mol. The fourth-order valence-electron chi connectivity index (χ4n) is 2.65. The van der Waals surface area contributed by atoms with E-state index in [0.29, 0.717) is 0 Å². The van der Waals surface area contributed by atoms with E-state index in [0.717, 1.165) is 34.1 Å². The van der Waals surface area contributed by atoms with E-state index >= 15 is 0 Å². The summed E-state index contributed by atoms with van der Waals surface area (Å²) in [5.74, 6) is -0.0500. The lowest BCUT2D eigenvalue weighted by atomic mass is 10.1. The summed E-state index contributed by atoms with van der Waals surface area (Å²) in [4.78, 5) is 12.3. The van der Waals surface area contributed by atoms with Crippen LogP contribution in [0.3, 0.4) is 0 Å². The molecular formula is C17H16BrNO. The second-order valence-corrected chi connectivity index (χ2v) is 6.02. The number of hydrogen-bond acceptors (Lipinski definition) is 1. The van der Waals surface area contributed by atoms with Gasteiger partial charge in [-0.05, 0) is 77.0 Å². The summed E-state index contributed by atoms with van der Waals surface area (Å²) < 4.78 is 0.939. The van der Waals surface area contributed by atoms with Crippen LogP contribution in [-0.2, 0) is 12.8 Å². The predicted octanol–water partition coefficient (Wildman–Crippen LogP) is 4.50. The minimum Gasteiger partial charge on any atom is -0.321 e. The van der Waals surface area contributed by atoms with Crippen LogP contribution in [0.1, 0.15) is 33.5 Å². The highest BCUT2D eigenvalue weighted by Gasteiger charge is 2.14. The molecule has 0 unspecified atom stereocenters. The lowest BCUT2D eigenvalue weighted by Gasteiger charge is -2.10. The maximum atomic E-state index is 12.3. The Balaban J connectivity index is 1.84. The number of halogens is 1. The third kappa shape index (κ3) is 2.50. The van der Waals surface area contributed by atoms with Crippen molar-refractivity contribution in [1.82, 2.24) is 0 Å². The fourth-order valence-corrected chi connectivity index (χ4v) is 3.01. The van der Waals surface area contributed by atoms with E-state index in [-0.39, 0.29) is 5.91 Å². The average Bonchev–Trinajstić information content (AvgIpc) is 2.91. The Labute approximate surface area is 127 Å². The summed E-state index contributed by atoms with van der Waals surface area (Å²) in [7, 11) is 0. The minimum absolute atomic E-state index is 0.0500. The maximum absolute atomic E-state index is 12.3. The molecule has 20 heavy (non-hydrogen) atoms. The van der Waals surface area contributed by atoms with Crippen LogP contribution in [0.15, 0.2) is 40.9 Å². The van der Waals surface area contributed by atoms with Crippen LogP contribution >= 0.6 is 15.9 Å². The van der Waals surface area contributed by atoms with Gasteiger partial charge in [0.15, 0.2) is 0 Å². The molecule has 0 aliphatic heterocycles.